The molecule has 0 aliphatic heterocycles. The molecule has 9 heteroatoms. The summed E-state index contributed by atoms with van der Waals surface area (Å²) in [5.74, 6) is 0.816. The van der Waals surface area contributed by atoms with E-state index >= 15 is 0 Å². The van der Waals surface area contributed by atoms with Gasteiger partial charge < -0.3 is 14.5 Å². The fourth-order valence-corrected chi connectivity index (χ4v) is 2.96. The number of hydrogen-bond acceptors (Lipinski definition) is 7. The Morgan fingerprint density at radius 1 is 1.17 bits per heavy atom. The van der Waals surface area contributed by atoms with Gasteiger partial charge in [0.05, 0.1) is 10.6 Å². The van der Waals surface area contributed by atoms with E-state index in [1.54, 1.807) is 6.26 Å². The minimum atomic E-state index is -0.445. The van der Waals surface area contributed by atoms with Crippen LogP contribution in [-0.4, -0.2) is 34.0 Å². The Balaban J connectivity index is 1.75. The van der Waals surface area contributed by atoms with Crippen LogP contribution in [0.2, 0.25) is 0 Å². The first-order valence-corrected chi connectivity index (χ1v) is 10.1. The summed E-state index contributed by atoms with van der Waals surface area (Å²) < 4.78 is 11.0. The molecule has 2 amide bonds. The van der Waals surface area contributed by atoms with Crippen molar-refractivity contribution in [3.8, 4) is 5.75 Å². The number of anilines is 2. The van der Waals surface area contributed by atoms with Gasteiger partial charge in [-0.3, -0.25) is 0 Å². The standard InChI is InChI=1S/C20H23N5O3S/c1-20(2,3)14-5-7-15(8-6-14)28-13-25(18-22-11-21-12-23-18)19(26)24-16-9-27-10-17(16)29-4/h5-12H,13H2,1-4H3,(H,24,26). The van der Waals surface area contributed by atoms with Gasteiger partial charge in [0, 0.05) is 0 Å². The predicted octanol–water partition coefficient (Wildman–Crippen LogP) is 4.56. The molecular weight excluding hydrogens is 390 g/mol. The van der Waals surface area contributed by atoms with E-state index in [1.807, 2.05) is 30.5 Å². The van der Waals surface area contributed by atoms with Crippen molar-refractivity contribution in [2.45, 2.75) is 31.1 Å². The third-order valence-corrected chi connectivity index (χ3v) is 4.89. The van der Waals surface area contributed by atoms with Crippen LogP contribution in [0, 0.1) is 0 Å². The number of hydrogen-bond donors (Lipinski definition) is 1. The molecule has 2 heterocycles. The number of urea groups is 1. The van der Waals surface area contributed by atoms with E-state index < -0.39 is 6.03 Å². The Bertz CT molecular complexity index is 939. The van der Waals surface area contributed by atoms with Crippen LogP contribution in [-0.2, 0) is 5.41 Å². The summed E-state index contributed by atoms with van der Waals surface area (Å²) in [6, 6.07) is 7.34. The van der Waals surface area contributed by atoms with Gasteiger partial charge in [-0.25, -0.2) is 24.6 Å². The number of rotatable bonds is 6. The molecule has 0 fully saturated rings. The molecule has 0 radical (unpaired) electrons. The minimum Gasteiger partial charge on any atom is -0.472 e. The average molecular weight is 414 g/mol. The van der Waals surface area contributed by atoms with Crippen molar-refractivity contribution in [1.82, 2.24) is 15.0 Å². The molecule has 0 unspecified atom stereocenters. The molecule has 29 heavy (non-hydrogen) atoms. The fraction of sp³-hybridized carbons (Fsp3) is 0.300. The summed E-state index contributed by atoms with van der Waals surface area (Å²) >= 11 is 1.47. The quantitative estimate of drug-likeness (QED) is 0.468. The molecule has 0 atom stereocenters. The maximum absolute atomic E-state index is 12.9. The summed E-state index contributed by atoms with van der Waals surface area (Å²) in [4.78, 5) is 26.9. The molecule has 8 nitrogen and oxygen atoms in total. The Hall–Kier alpha value is -3.07. The molecule has 3 aromatic rings. The van der Waals surface area contributed by atoms with E-state index in [-0.39, 0.29) is 18.1 Å². The van der Waals surface area contributed by atoms with Crippen LogP contribution in [0.15, 0.2) is 58.8 Å². The molecule has 0 saturated carbocycles. The molecule has 0 aliphatic rings. The second-order valence-corrected chi connectivity index (χ2v) is 8.05. The number of nitrogens with one attached hydrogen (secondary N) is 1. The zero-order chi connectivity index (χ0) is 20.9. The zero-order valence-corrected chi connectivity index (χ0v) is 17.6. The number of aromatic nitrogens is 3. The van der Waals surface area contributed by atoms with Crippen LogP contribution in [0.4, 0.5) is 16.4 Å². The van der Waals surface area contributed by atoms with Gasteiger partial charge in [0.25, 0.3) is 0 Å². The minimum absolute atomic E-state index is 0.0505. The molecule has 1 N–H and O–H groups in total. The molecule has 152 valence electrons. The molecule has 0 aliphatic carbocycles. The lowest BCUT2D eigenvalue weighted by molar-refractivity contribution is 0.245. The van der Waals surface area contributed by atoms with Crippen molar-refractivity contribution in [1.29, 1.82) is 0 Å². The van der Waals surface area contributed by atoms with Gasteiger partial charge in [0.1, 0.15) is 30.9 Å². The highest BCUT2D eigenvalue weighted by atomic mass is 32.2. The molecule has 0 saturated heterocycles. The Labute approximate surface area is 173 Å². The second-order valence-electron chi connectivity index (χ2n) is 7.20. The van der Waals surface area contributed by atoms with Crippen LogP contribution in [0.5, 0.6) is 5.75 Å². The number of thioether (sulfide) groups is 1. The van der Waals surface area contributed by atoms with Crippen LogP contribution < -0.4 is 15.0 Å². The van der Waals surface area contributed by atoms with E-state index in [0.717, 1.165) is 4.90 Å². The highest BCUT2D eigenvalue weighted by molar-refractivity contribution is 7.98. The van der Waals surface area contributed by atoms with Gasteiger partial charge in [-0.1, -0.05) is 32.9 Å². The number of benzene rings is 1. The van der Waals surface area contributed by atoms with Crippen molar-refractivity contribution >= 4 is 29.4 Å². The summed E-state index contributed by atoms with van der Waals surface area (Å²) in [7, 11) is 0. The van der Waals surface area contributed by atoms with Gasteiger partial charge in [0.2, 0.25) is 5.95 Å². The molecule has 1 aromatic carbocycles. The van der Waals surface area contributed by atoms with E-state index in [1.165, 1.54) is 41.1 Å². The number of furan rings is 1. The number of amides is 2. The first kappa shape index (κ1) is 20.7. The van der Waals surface area contributed by atoms with Gasteiger partial charge in [-0.2, -0.15) is 0 Å². The average Bonchev–Trinajstić information content (AvgIpc) is 3.15. The molecule has 2 aromatic heterocycles. The van der Waals surface area contributed by atoms with Crippen LogP contribution in [0.1, 0.15) is 26.3 Å². The molecule has 3 rings (SSSR count). The van der Waals surface area contributed by atoms with Crippen LogP contribution in [0.3, 0.4) is 0 Å². The first-order chi connectivity index (χ1) is 13.9. The largest absolute Gasteiger partial charge is 0.472 e. The monoisotopic (exact) mass is 413 g/mol. The fourth-order valence-electron chi connectivity index (χ4n) is 2.49. The van der Waals surface area contributed by atoms with Gasteiger partial charge in [0.15, 0.2) is 6.73 Å². The third-order valence-electron chi connectivity index (χ3n) is 4.13. The maximum atomic E-state index is 12.9. The van der Waals surface area contributed by atoms with Crippen LogP contribution in [0.25, 0.3) is 0 Å². The number of ether oxygens (including phenoxy) is 1. The molecule has 0 spiro atoms. The summed E-state index contributed by atoms with van der Waals surface area (Å²) in [5, 5.41) is 2.80. The van der Waals surface area contributed by atoms with Crippen molar-refractivity contribution in [3.63, 3.8) is 0 Å². The van der Waals surface area contributed by atoms with Gasteiger partial charge >= 0.3 is 6.03 Å². The topological polar surface area (TPSA) is 93.4 Å². The van der Waals surface area contributed by atoms with Crippen molar-refractivity contribution < 1.29 is 13.9 Å². The van der Waals surface area contributed by atoms with Gasteiger partial charge in [-0.05, 0) is 29.4 Å². The zero-order valence-electron chi connectivity index (χ0n) is 16.7. The van der Waals surface area contributed by atoms with Crippen molar-refractivity contribution in [2.75, 3.05) is 23.2 Å². The smallest absolute Gasteiger partial charge is 0.331 e. The Morgan fingerprint density at radius 3 is 2.48 bits per heavy atom. The Morgan fingerprint density at radius 2 is 1.86 bits per heavy atom. The van der Waals surface area contributed by atoms with Crippen LogP contribution >= 0.6 is 11.8 Å². The maximum Gasteiger partial charge on any atom is 0.331 e. The number of carbonyl (C=O) groups is 1. The van der Waals surface area contributed by atoms with E-state index in [0.29, 0.717) is 11.4 Å². The highest BCUT2D eigenvalue weighted by Crippen LogP contribution is 2.27. The van der Waals surface area contributed by atoms with E-state index in [2.05, 4.69) is 41.0 Å². The van der Waals surface area contributed by atoms with Gasteiger partial charge in [-0.15, -0.1) is 11.8 Å². The predicted molar refractivity (Wildman–Crippen MR) is 112 cm³/mol. The third kappa shape index (κ3) is 5.26. The van der Waals surface area contributed by atoms with E-state index in [9.17, 15) is 4.79 Å². The summed E-state index contributed by atoms with van der Waals surface area (Å²) in [5.41, 5.74) is 1.81. The Kier molecular flexibility index (Phi) is 6.38. The molecular formula is C20H23N5O3S. The summed E-state index contributed by atoms with van der Waals surface area (Å²) in [6.07, 6.45) is 7.59. The second kappa shape index (κ2) is 8.95. The lowest BCUT2D eigenvalue weighted by Gasteiger charge is -2.22. The normalized spacial score (nSPS) is 11.2. The number of carbonyl (C=O) groups excluding carboxylic acids is 1. The van der Waals surface area contributed by atoms with Crippen molar-refractivity contribution in [2.24, 2.45) is 0 Å². The molecule has 0 bridgehead atoms. The lowest BCUT2D eigenvalue weighted by atomic mass is 9.87. The highest BCUT2D eigenvalue weighted by Gasteiger charge is 2.21. The summed E-state index contributed by atoms with van der Waals surface area (Å²) in [6.45, 7) is 6.37. The van der Waals surface area contributed by atoms with E-state index in [4.69, 9.17) is 9.15 Å². The first-order valence-electron chi connectivity index (χ1n) is 8.92. The van der Waals surface area contributed by atoms with Crippen molar-refractivity contribution in [3.05, 3.63) is 55.0 Å². The lowest BCUT2D eigenvalue weighted by Crippen LogP contribution is -2.39. The number of nitrogens with zero attached hydrogens (tertiary/aromatic N) is 4. The SMILES string of the molecule is CSc1cocc1NC(=O)N(COc1ccc(C(C)(C)C)cc1)c1ncncn1.